The second kappa shape index (κ2) is 5.51. The van der Waals surface area contributed by atoms with Crippen LogP contribution < -0.4 is 10.5 Å². The molecule has 17 heavy (non-hydrogen) atoms. The number of ether oxygens (including phenoxy) is 1. The van der Waals surface area contributed by atoms with Crippen molar-refractivity contribution in [3.8, 4) is 5.75 Å². The third-order valence-electron chi connectivity index (χ3n) is 2.82. The maximum atomic E-state index is 5.71. The number of nitrogens with two attached hydrogens (primary N) is 1. The first kappa shape index (κ1) is 11.7. The first-order valence-corrected chi connectivity index (χ1v) is 5.64. The molecule has 0 bridgehead atoms. The summed E-state index contributed by atoms with van der Waals surface area (Å²) in [6.45, 7) is 0.558. The van der Waals surface area contributed by atoms with Crippen molar-refractivity contribution in [1.29, 1.82) is 0 Å². The molecule has 0 amide bonds. The summed E-state index contributed by atoms with van der Waals surface area (Å²) in [6, 6.07) is 17.1. The Morgan fingerprint density at radius 1 is 1.12 bits per heavy atom. The van der Waals surface area contributed by atoms with Gasteiger partial charge in [0.25, 0.3) is 0 Å². The van der Waals surface area contributed by atoms with Crippen molar-refractivity contribution in [3.05, 3.63) is 65.2 Å². The molecule has 0 heterocycles. The molecular weight excluding hydrogens is 210 g/mol. The predicted molar refractivity (Wildman–Crippen MR) is 69.0 cm³/mol. The molecule has 2 N–H and O–H groups in total. The van der Waals surface area contributed by atoms with Gasteiger partial charge in [0.15, 0.2) is 0 Å². The Bertz CT molecular complexity index is 477. The molecule has 0 fully saturated rings. The van der Waals surface area contributed by atoms with E-state index in [1.807, 2.05) is 24.3 Å². The molecule has 2 nitrogen and oxygen atoms in total. The zero-order valence-corrected chi connectivity index (χ0v) is 9.94. The van der Waals surface area contributed by atoms with Crippen molar-refractivity contribution < 1.29 is 4.74 Å². The van der Waals surface area contributed by atoms with Gasteiger partial charge in [-0.1, -0.05) is 24.3 Å². The van der Waals surface area contributed by atoms with Gasteiger partial charge >= 0.3 is 0 Å². The SMILES string of the molecule is COc1ccc(Cc2cc[c]cc2CN)cc1. The van der Waals surface area contributed by atoms with Gasteiger partial charge in [0, 0.05) is 6.54 Å². The van der Waals surface area contributed by atoms with E-state index in [9.17, 15) is 0 Å². The largest absolute Gasteiger partial charge is 0.497 e. The van der Waals surface area contributed by atoms with Crippen LogP contribution in [0.1, 0.15) is 16.7 Å². The molecule has 1 radical (unpaired) electrons. The highest BCUT2D eigenvalue weighted by molar-refractivity contribution is 5.34. The minimum absolute atomic E-state index is 0.558. The van der Waals surface area contributed by atoms with E-state index in [0.29, 0.717) is 6.54 Å². The summed E-state index contributed by atoms with van der Waals surface area (Å²) < 4.78 is 5.14. The van der Waals surface area contributed by atoms with Gasteiger partial charge in [-0.2, -0.15) is 0 Å². The lowest BCUT2D eigenvalue weighted by Gasteiger charge is -2.08. The fraction of sp³-hybridized carbons (Fsp3) is 0.200. The van der Waals surface area contributed by atoms with E-state index >= 15 is 0 Å². The lowest BCUT2D eigenvalue weighted by atomic mass is 10.00. The van der Waals surface area contributed by atoms with Crippen molar-refractivity contribution in [2.45, 2.75) is 13.0 Å². The van der Waals surface area contributed by atoms with E-state index in [2.05, 4.69) is 24.3 Å². The van der Waals surface area contributed by atoms with Crippen molar-refractivity contribution in [2.24, 2.45) is 5.73 Å². The lowest BCUT2D eigenvalue weighted by molar-refractivity contribution is 0.414. The number of benzene rings is 2. The van der Waals surface area contributed by atoms with Gasteiger partial charge in [0.05, 0.1) is 7.11 Å². The first-order valence-electron chi connectivity index (χ1n) is 5.64. The summed E-state index contributed by atoms with van der Waals surface area (Å²) >= 11 is 0. The van der Waals surface area contributed by atoms with Crippen LogP contribution in [-0.2, 0) is 13.0 Å². The van der Waals surface area contributed by atoms with Gasteiger partial charge in [-0.3, -0.25) is 0 Å². The highest BCUT2D eigenvalue weighted by atomic mass is 16.5. The Morgan fingerprint density at radius 2 is 1.88 bits per heavy atom. The summed E-state index contributed by atoms with van der Waals surface area (Å²) in [6.07, 6.45) is 0.894. The molecule has 87 valence electrons. The standard InChI is InChI=1S/C15H16NO/c1-17-15-8-6-12(7-9-15)10-13-4-2-3-5-14(13)11-16/h2,4-9H,10-11,16H2,1H3. The maximum Gasteiger partial charge on any atom is 0.118 e. The fourth-order valence-electron chi connectivity index (χ4n) is 1.82. The topological polar surface area (TPSA) is 35.2 Å². The molecule has 0 saturated carbocycles. The average Bonchev–Trinajstić information content (AvgIpc) is 2.40. The molecule has 2 aromatic rings. The average molecular weight is 226 g/mol. The molecule has 0 unspecified atom stereocenters. The highest BCUT2D eigenvalue weighted by Crippen LogP contribution is 2.17. The van der Waals surface area contributed by atoms with Crippen LogP contribution in [0.4, 0.5) is 0 Å². The Morgan fingerprint density at radius 3 is 2.53 bits per heavy atom. The quantitative estimate of drug-likeness (QED) is 0.869. The molecule has 0 aliphatic rings. The monoisotopic (exact) mass is 226 g/mol. The van der Waals surface area contributed by atoms with Crippen LogP contribution >= 0.6 is 0 Å². The lowest BCUT2D eigenvalue weighted by Crippen LogP contribution is -2.01. The molecule has 0 saturated heterocycles. The molecule has 0 aromatic heterocycles. The number of methoxy groups -OCH3 is 1. The normalized spacial score (nSPS) is 10.2. The Labute approximate surface area is 102 Å². The van der Waals surface area contributed by atoms with Crippen molar-refractivity contribution in [1.82, 2.24) is 0 Å². The summed E-state index contributed by atoms with van der Waals surface area (Å²) in [5.41, 5.74) is 9.38. The Kier molecular flexibility index (Phi) is 3.78. The fourth-order valence-corrected chi connectivity index (χ4v) is 1.82. The predicted octanol–water partition coefficient (Wildman–Crippen LogP) is 2.54. The summed E-state index contributed by atoms with van der Waals surface area (Å²) in [5.74, 6) is 0.884. The van der Waals surface area contributed by atoms with Gasteiger partial charge in [0.1, 0.15) is 5.75 Å². The zero-order chi connectivity index (χ0) is 12.1. The zero-order valence-electron chi connectivity index (χ0n) is 9.94. The van der Waals surface area contributed by atoms with Crippen LogP contribution in [0.5, 0.6) is 5.75 Å². The minimum Gasteiger partial charge on any atom is -0.497 e. The Balaban J connectivity index is 2.19. The molecule has 2 heteroatoms. The van der Waals surface area contributed by atoms with Gasteiger partial charge in [-0.05, 0) is 47.4 Å². The van der Waals surface area contributed by atoms with E-state index in [4.69, 9.17) is 10.5 Å². The van der Waals surface area contributed by atoms with E-state index < -0.39 is 0 Å². The van der Waals surface area contributed by atoms with Crippen LogP contribution in [-0.4, -0.2) is 7.11 Å². The smallest absolute Gasteiger partial charge is 0.118 e. The number of rotatable bonds is 4. The van der Waals surface area contributed by atoms with Crippen molar-refractivity contribution >= 4 is 0 Å². The van der Waals surface area contributed by atoms with Gasteiger partial charge in [0.2, 0.25) is 0 Å². The van der Waals surface area contributed by atoms with Crippen LogP contribution in [0.2, 0.25) is 0 Å². The van der Waals surface area contributed by atoms with Crippen LogP contribution in [0.25, 0.3) is 0 Å². The van der Waals surface area contributed by atoms with Crippen LogP contribution in [0.3, 0.4) is 0 Å². The van der Waals surface area contributed by atoms with Crippen molar-refractivity contribution in [2.75, 3.05) is 7.11 Å². The molecular formula is C15H16NO. The van der Waals surface area contributed by atoms with Gasteiger partial charge in [-0.15, -0.1) is 0 Å². The van der Waals surface area contributed by atoms with Crippen LogP contribution in [0.15, 0.2) is 42.5 Å². The highest BCUT2D eigenvalue weighted by Gasteiger charge is 2.01. The van der Waals surface area contributed by atoms with Gasteiger partial charge < -0.3 is 10.5 Å². The van der Waals surface area contributed by atoms with Crippen molar-refractivity contribution in [3.63, 3.8) is 0 Å². The molecule has 2 rings (SSSR count). The first-order chi connectivity index (χ1) is 8.33. The maximum absolute atomic E-state index is 5.71. The third kappa shape index (κ3) is 2.86. The molecule has 0 aliphatic heterocycles. The minimum atomic E-state index is 0.558. The number of hydrogen-bond donors (Lipinski definition) is 1. The molecule has 0 spiro atoms. The molecule has 2 aromatic carbocycles. The third-order valence-corrected chi connectivity index (χ3v) is 2.82. The molecule has 0 atom stereocenters. The summed E-state index contributed by atoms with van der Waals surface area (Å²) in [7, 11) is 1.68. The van der Waals surface area contributed by atoms with E-state index in [-0.39, 0.29) is 0 Å². The summed E-state index contributed by atoms with van der Waals surface area (Å²) in [4.78, 5) is 0. The van der Waals surface area contributed by atoms with E-state index in [1.54, 1.807) is 7.11 Å². The summed E-state index contributed by atoms with van der Waals surface area (Å²) in [5, 5.41) is 0. The van der Waals surface area contributed by atoms with E-state index in [1.165, 1.54) is 11.1 Å². The second-order valence-corrected chi connectivity index (χ2v) is 3.92. The van der Waals surface area contributed by atoms with Gasteiger partial charge in [-0.25, -0.2) is 0 Å². The molecule has 0 aliphatic carbocycles. The van der Waals surface area contributed by atoms with Crippen LogP contribution in [0, 0.1) is 6.07 Å². The van der Waals surface area contributed by atoms with E-state index in [0.717, 1.165) is 17.7 Å². The number of hydrogen-bond acceptors (Lipinski definition) is 2. The second-order valence-electron chi connectivity index (χ2n) is 3.92. The Hall–Kier alpha value is -1.80.